The fraction of sp³-hybridized carbons (Fsp3) is 0.912. The molecule has 4 aliphatic rings. The minimum atomic E-state index is -5.31. The molecule has 4 rings (SSSR count). The van der Waals surface area contributed by atoms with Crippen LogP contribution in [0.3, 0.4) is 0 Å². The van der Waals surface area contributed by atoms with E-state index in [4.69, 9.17) is 56.8 Å². The Morgan fingerprint density at radius 2 is 1.00 bits per heavy atom. The molecule has 4 fully saturated rings. The lowest BCUT2D eigenvalue weighted by atomic mass is 9.92. The Morgan fingerprint density at radius 1 is 0.500 bits per heavy atom. The predicted molar refractivity (Wildman–Crippen MR) is 325 cm³/mol. The number of unbranched alkanes of at least 4 members (excludes halogenated alkanes) is 7. The van der Waals surface area contributed by atoms with Gasteiger partial charge in [0.2, 0.25) is 17.7 Å². The predicted octanol–water partition coefficient (Wildman–Crippen LogP) is -3.33. The molecular weight excluding hydrogens is 1330 g/mol. The van der Waals surface area contributed by atoms with Crippen LogP contribution in [0, 0.1) is 5.41 Å². The van der Waals surface area contributed by atoms with Gasteiger partial charge in [-0.15, -0.1) is 0 Å². The molecule has 4 aliphatic heterocycles. The van der Waals surface area contributed by atoms with Crippen molar-refractivity contribution >= 4 is 50.4 Å². The zero-order valence-electron chi connectivity index (χ0n) is 54.5. The summed E-state index contributed by atoms with van der Waals surface area (Å²) in [7, 11) is -10.5. The molecule has 0 aliphatic carbocycles. The van der Waals surface area contributed by atoms with Gasteiger partial charge in [0.25, 0.3) is 0 Å². The van der Waals surface area contributed by atoms with Crippen molar-refractivity contribution in [2.45, 2.75) is 241 Å². The number of rotatable bonds is 48. The highest BCUT2D eigenvalue weighted by Crippen LogP contribution is 2.35. The van der Waals surface area contributed by atoms with Crippen LogP contribution in [-0.2, 0) is 106 Å². The van der Waals surface area contributed by atoms with E-state index in [1.165, 1.54) is 6.92 Å². The molecule has 19 unspecified atom stereocenters. The third-order valence-corrected chi connectivity index (χ3v) is 17.0. The van der Waals surface area contributed by atoms with Crippen LogP contribution < -0.4 is 20.7 Å². The number of hydrogen-bond acceptors (Lipinski definition) is 29. The van der Waals surface area contributed by atoms with Gasteiger partial charge in [-0.25, -0.2) is 13.8 Å². The normalized spacial score (nSPS) is 30.6. The highest BCUT2D eigenvalue weighted by atomic mass is 32.3. The monoisotopic (exact) mass is 1430 g/mol. The highest BCUT2D eigenvalue weighted by molar-refractivity contribution is 7.83. The van der Waals surface area contributed by atoms with Crippen LogP contribution in [0.1, 0.15) is 124 Å². The number of amides is 3. The first-order chi connectivity index (χ1) is 45.4. The number of carboxylic acid groups (broad SMARTS) is 2. The molecule has 0 aromatic carbocycles. The first kappa shape index (κ1) is 84.7. The summed E-state index contributed by atoms with van der Waals surface area (Å²) in [5, 5.41) is 106. The molecule has 0 aromatic heterocycles. The average molecular weight is 1440 g/mol. The molecular formula is C57H102N4O33S2. The Labute approximate surface area is 557 Å². The van der Waals surface area contributed by atoms with Gasteiger partial charge in [0.15, 0.2) is 37.4 Å². The van der Waals surface area contributed by atoms with Gasteiger partial charge in [0, 0.05) is 51.9 Å². The first-order valence-electron chi connectivity index (χ1n) is 32.3. The van der Waals surface area contributed by atoms with E-state index < -0.39 is 162 Å². The van der Waals surface area contributed by atoms with Crippen LogP contribution in [0.25, 0.3) is 0 Å². The Morgan fingerprint density at radius 3 is 1.57 bits per heavy atom. The molecule has 15 N–H and O–H groups in total. The van der Waals surface area contributed by atoms with Crippen molar-refractivity contribution in [2.24, 2.45) is 5.41 Å². The smallest absolute Gasteiger partial charge is 0.397 e. The van der Waals surface area contributed by atoms with Gasteiger partial charge >= 0.3 is 32.6 Å². The lowest BCUT2D eigenvalue weighted by Crippen LogP contribution is -2.68. The Balaban J connectivity index is 1.07. The molecule has 0 radical (unpaired) electrons. The van der Waals surface area contributed by atoms with Crippen molar-refractivity contribution in [1.29, 1.82) is 0 Å². The summed E-state index contributed by atoms with van der Waals surface area (Å²) in [5.41, 5.74) is 0.112. The molecule has 0 aromatic rings. The van der Waals surface area contributed by atoms with Gasteiger partial charge in [0.05, 0.1) is 71.7 Å². The van der Waals surface area contributed by atoms with Crippen LogP contribution in [0.2, 0.25) is 0 Å². The molecule has 3 amide bonds. The maximum absolute atomic E-state index is 12.5. The van der Waals surface area contributed by atoms with Crippen molar-refractivity contribution in [3.63, 3.8) is 0 Å². The van der Waals surface area contributed by atoms with Crippen LogP contribution in [0.4, 0.5) is 0 Å². The summed E-state index contributed by atoms with van der Waals surface area (Å²) < 4.78 is 138. The molecule has 4 heterocycles. The van der Waals surface area contributed by atoms with Crippen LogP contribution in [-0.4, -0.2) is 304 Å². The van der Waals surface area contributed by atoms with Crippen LogP contribution in [0.5, 0.6) is 0 Å². The molecule has 0 saturated carbocycles. The van der Waals surface area contributed by atoms with Gasteiger partial charge in [-0.3, -0.25) is 23.5 Å². The van der Waals surface area contributed by atoms with E-state index in [2.05, 4.69) is 40.9 Å². The third-order valence-electron chi connectivity index (χ3n) is 16.0. The van der Waals surface area contributed by atoms with Crippen molar-refractivity contribution in [3.05, 3.63) is 0 Å². The van der Waals surface area contributed by atoms with E-state index in [0.29, 0.717) is 97.8 Å². The number of carbonyl (C=O) groups is 5. The first-order valence-corrected chi connectivity index (χ1v) is 35.1. The minimum Gasteiger partial charge on any atom is -0.479 e. The van der Waals surface area contributed by atoms with Crippen molar-refractivity contribution < 1.29 is 157 Å². The number of ether oxygens (including phenoxy) is 12. The van der Waals surface area contributed by atoms with Gasteiger partial charge in [-0.05, 0) is 43.9 Å². The molecule has 37 nitrogen and oxygen atoms in total. The van der Waals surface area contributed by atoms with E-state index >= 15 is 0 Å². The SMILES string of the molecule is CCC1OC(OC2C(C(=O)O)OC(OC3C(O)CC(OC4C(C(=O)O)OC(OCCCCCCNC(=O)CCOCCOCCOCCNC(=O)CCCCCCCNC(=O)CCOCC(C)(C)CC)C(O)C4O)OC3COS(=O)(=O)O)C(O)C2O)C(NS(=O)(=O)O)C(O)C1O. The second-order valence-corrected chi connectivity index (χ2v) is 26.5. The minimum absolute atomic E-state index is 0.00395. The van der Waals surface area contributed by atoms with E-state index in [1.807, 2.05) is 0 Å². The summed E-state index contributed by atoms with van der Waals surface area (Å²) in [4.78, 5) is 61.4. The van der Waals surface area contributed by atoms with E-state index in [-0.39, 0.29) is 55.8 Å². The summed E-state index contributed by atoms with van der Waals surface area (Å²) in [6, 6.07) is -2.05. The number of aliphatic hydroxyl groups is 7. The van der Waals surface area contributed by atoms with E-state index in [9.17, 15) is 95.9 Å². The second kappa shape index (κ2) is 43.2. The Hall–Kier alpha value is -3.67. The third kappa shape index (κ3) is 30.7. The van der Waals surface area contributed by atoms with E-state index in [0.717, 1.165) is 38.5 Å². The summed E-state index contributed by atoms with van der Waals surface area (Å²) >= 11 is 0. The second-order valence-electron chi connectivity index (χ2n) is 24.2. The number of carbonyl (C=O) groups excluding carboxylic acids is 3. The van der Waals surface area contributed by atoms with Crippen molar-refractivity contribution in [1.82, 2.24) is 20.7 Å². The highest BCUT2D eigenvalue weighted by Gasteiger charge is 2.56. The fourth-order valence-electron chi connectivity index (χ4n) is 10.3. The standard InChI is InChI=1S/C57H102N4O33S2/c1-5-34-41(66)42(67)40(61-95(76,77)78)54(89-34)92-49-44(69)46(71)56(94-51(49)53(74)75)91-47-33(62)30-39(88-35(47)31-87-96(79,80)81)90-48-43(68)45(70)55(93-50(48)52(72)73)86-22-15-11-10-14-20-58-37(64)17-23-82-26-28-84-29-27-83-25-21-60-36(63)16-12-8-7-9-13-19-59-38(65)18-24-85-32-57(3,4)6-2/h33-35,39-51,54-56,61-62,66-71H,5-32H2,1-4H3,(H,58,64)(H,59,65)(H,60,63)(H,72,73)(H,74,75)(H,76,77,78)(H,79,80,81). The molecule has 96 heavy (non-hydrogen) atoms. The summed E-state index contributed by atoms with van der Waals surface area (Å²) in [6.45, 7) is 10.7. The summed E-state index contributed by atoms with van der Waals surface area (Å²) in [6.07, 6.45) is -28.6. The molecule has 0 spiro atoms. The van der Waals surface area contributed by atoms with Crippen molar-refractivity contribution in [3.8, 4) is 0 Å². The number of nitrogens with one attached hydrogen (secondary N) is 4. The summed E-state index contributed by atoms with van der Waals surface area (Å²) in [5.74, 6) is -3.92. The van der Waals surface area contributed by atoms with Gasteiger partial charge in [0.1, 0.15) is 67.1 Å². The zero-order valence-corrected chi connectivity index (χ0v) is 56.1. The molecule has 19 atom stereocenters. The van der Waals surface area contributed by atoms with Gasteiger partial charge in [-0.1, -0.05) is 59.8 Å². The zero-order chi connectivity index (χ0) is 71.2. The topological polar surface area (TPSA) is 544 Å². The van der Waals surface area contributed by atoms with E-state index in [1.54, 1.807) is 4.72 Å². The number of aliphatic hydroxyl groups excluding tert-OH is 7. The van der Waals surface area contributed by atoms with Crippen molar-refractivity contribution in [2.75, 3.05) is 85.7 Å². The largest absolute Gasteiger partial charge is 0.479 e. The average Bonchev–Trinajstić information content (AvgIpc) is 0.775. The maximum Gasteiger partial charge on any atom is 0.397 e. The van der Waals surface area contributed by atoms with Gasteiger partial charge < -0.3 is 119 Å². The number of hydrogen-bond donors (Lipinski definition) is 15. The Bertz CT molecular complexity index is 2530. The lowest BCUT2D eigenvalue weighted by molar-refractivity contribution is -0.367. The van der Waals surface area contributed by atoms with Crippen LogP contribution in [0.15, 0.2) is 0 Å². The fourth-order valence-corrected chi connectivity index (χ4v) is 11.2. The quantitative estimate of drug-likeness (QED) is 0.0209. The Kier molecular flexibility index (Phi) is 38.1. The molecule has 560 valence electrons. The lowest BCUT2D eigenvalue weighted by Gasteiger charge is -2.48. The van der Waals surface area contributed by atoms with Gasteiger partial charge in [-0.2, -0.15) is 21.6 Å². The molecule has 4 saturated heterocycles. The van der Waals surface area contributed by atoms with Crippen LogP contribution >= 0.6 is 0 Å². The molecule has 39 heteroatoms. The number of carboxylic acids is 2. The number of aliphatic carboxylic acids is 2. The molecule has 0 bridgehead atoms. The maximum atomic E-state index is 12.5.